The standard InChI is InChI=1S/C15H21FN2O3/c16-13-5-2-1-4-12(13)14(15(19)20)17-6-3-7-18-8-10-21-11-9-18/h1-2,4-5,14,17H,3,6-11H2,(H,19,20). The normalized spacial score (nSPS) is 17.6. The summed E-state index contributed by atoms with van der Waals surface area (Å²) in [5, 5.41) is 12.2. The minimum atomic E-state index is -1.06. The molecule has 0 bridgehead atoms. The lowest BCUT2D eigenvalue weighted by atomic mass is 10.1. The van der Waals surface area contributed by atoms with E-state index in [0.29, 0.717) is 6.54 Å². The van der Waals surface area contributed by atoms with Crippen molar-refractivity contribution in [2.24, 2.45) is 0 Å². The summed E-state index contributed by atoms with van der Waals surface area (Å²) in [5.41, 5.74) is 0.177. The number of rotatable bonds is 7. The molecule has 0 aliphatic carbocycles. The molecule has 0 radical (unpaired) electrons. The van der Waals surface area contributed by atoms with Gasteiger partial charge in [0.25, 0.3) is 0 Å². The SMILES string of the molecule is O=C(O)C(NCCCN1CCOCC1)c1ccccc1F. The van der Waals surface area contributed by atoms with E-state index >= 15 is 0 Å². The number of benzene rings is 1. The fraction of sp³-hybridized carbons (Fsp3) is 0.533. The highest BCUT2D eigenvalue weighted by Crippen LogP contribution is 2.17. The first-order chi connectivity index (χ1) is 10.2. The summed E-state index contributed by atoms with van der Waals surface area (Å²) in [5.74, 6) is -1.56. The maximum atomic E-state index is 13.7. The van der Waals surface area contributed by atoms with Crippen LogP contribution in [0.15, 0.2) is 24.3 Å². The van der Waals surface area contributed by atoms with Gasteiger partial charge in [0, 0.05) is 18.7 Å². The van der Waals surface area contributed by atoms with Crippen LogP contribution in [0.3, 0.4) is 0 Å². The van der Waals surface area contributed by atoms with Crippen molar-refractivity contribution in [3.8, 4) is 0 Å². The molecule has 0 amide bonds. The molecule has 1 aliphatic rings. The van der Waals surface area contributed by atoms with Crippen molar-refractivity contribution in [3.63, 3.8) is 0 Å². The largest absolute Gasteiger partial charge is 0.480 e. The fourth-order valence-corrected chi connectivity index (χ4v) is 2.41. The van der Waals surface area contributed by atoms with Crippen molar-refractivity contribution >= 4 is 5.97 Å². The minimum Gasteiger partial charge on any atom is -0.480 e. The number of ether oxygens (including phenoxy) is 1. The molecule has 0 aromatic heterocycles. The van der Waals surface area contributed by atoms with Gasteiger partial charge in [0.15, 0.2) is 0 Å². The molecule has 0 saturated carbocycles. The summed E-state index contributed by atoms with van der Waals surface area (Å²) in [6, 6.07) is 4.97. The lowest BCUT2D eigenvalue weighted by Gasteiger charge is -2.26. The Bertz CT molecular complexity index is 464. The van der Waals surface area contributed by atoms with Crippen LogP contribution in [0.4, 0.5) is 4.39 Å². The Balaban J connectivity index is 1.81. The van der Waals surface area contributed by atoms with Gasteiger partial charge in [-0.25, -0.2) is 4.39 Å². The average Bonchev–Trinajstić information content (AvgIpc) is 2.49. The number of carbonyl (C=O) groups is 1. The summed E-state index contributed by atoms with van der Waals surface area (Å²) < 4.78 is 18.9. The molecule has 0 spiro atoms. The Labute approximate surface area is 123 Å². The second kappa shape index (κ2) is 8.07. The van der Waals surface area contributed by atoms with Crippen molar-refractivity contribution in [3.05, 3.63) is 35.6 Å². The zero-order valence-corrected chi connectivity index (χ0v) is 11.9. The summed E-state index contributed by atoms with van der Waals surface area (Å²) in [6.45, 7) is 4.74. The van der Waals surface area contributed by atoms with Gasteiger partial charge in [-0.1, -0.05) is 18.2 Å². The van der Waals surface area contributed by atoms with Crippen LogP contribution in [0.1, 0.15) is 18.0 Å². The lowest BCUT2D eigenvalue weighted by molar-refractivity contribution is -0.139. The Morgan fingerprint density at radius 1 is 1.38 bits per heavy atom. The quantitative estimate of drug-likeness (QED) is 0.742. The van der Waals surface area contributed by atoms with Gasteiger partial charge < -0.3 is 15.2 Å². The average molecular weight is 296 g/mol. The molecule has 1 aromatic carbocycles. The predicted octanol–water partition coefficient (Wildman–Crippen LogP) is 1.26. The number of aliphatic carboxylic acids is 1. The van der Waals surface area contributed by atoms with Gasteiger partial charge in [0.2, 0.25) is 0 Å². The van der Waals surface area contributed by atoms with Gasteiger partial charge in [0.1, 0.15) is 11.9 Å². The molecule has 1 atom stereocenters. The van der Waals surface area contributed by atoms with E-state index in [1.54, 1.807) is 12.1 Å². The highest BCUT2D eigenvalue weighted by molar-refractivity contribution is 5.75. The molecule has 1 unspecified atom stereocenters. The highest BCUT2D eigenvalue weighted by Gasteiger charge is 2.22. The van der Waals surface area contributed by atoms with Crippen molar-refractivity contribution in [2.75, 3.05) is 39.4 Å². The second-order valence-corrected chi connectivity index (χ2v) is 5.05. The molecular formula is C15H21FN2O3. The Kier molecular flexibility index (Phi) is 6.10. The minimum absolute atomic E-state index is 0.177. The Morgan fingerprint density at radius 2 is 2.10 bits per heavy atom. The number of halogens is 1. The number of nitrogens with one attached hydrogen (secondary N) is 1. The van der Waals surface area contributed by atoms with Crippen LogP contribution < -0.4 is 5.32 Å². The zero-order chi connectivity index (χ0) is 15.1. The zero-order valence-electron chi connectivity index (χ0n) is 11.9. The Hall–Kier alpha value is -1.50. The number of hydrogen-bond donors (Lipinski definition) is 2. The molecule has 1 aromatic rings. The molecule has 6 heteroatoms. The third-order valence-corrected chi connectivity index (χ3v) is 3.57. The van der Waals surface area contributed by atoms with Crippen molar-refractivity contribution < 1.29 is 19.0 Å². The van der Waals surface area contributed by atoms with Gasteiger partial charge in [-0.3, -0.25) is 9.69 Å². The number of hydrogen-bond acceptors (Lipinski definition) is 4. The van der Waals surface area contributed by atoms with E-state index in [1.807, 2.05) is 0 Å². The highest BCUT2D eigenvalue weighted by atomic mass is 19.1. The molecular weight excluding hydrogens is 275 g/mol. The van der Waals surface area contributed by atoms with Gasteiger partial charge in [-0.2, -0.15) is 0 Å². The molecule has 5 nitrogen and oxygen atoms in total. The maximum Gasteiger partial charge on any atom is 0.325 e. The fourth-order valence-electron chi connectivity index (χ4n) is 2.41. The number of carboxylic acids is 1. The van der Waals surface area contributed by atoms with Crippen LogP contribution in [0.25, 0.3) is 0 Å². The first-order valence-corrected chi connectivity index (χ1v) is 7.19. The lowest BCUT2D eigenvalue weighted by Crippen LogP contribution is -2.38. The van der Waals surface area contributed by atoms with Crippen LogP contribution >= 0.6 is 0 Å². The topological polar surface area (TPSA) is 61.8 Å². The van der Waals surface area contributed by atoms with Gasteiger partial charge in [-0.05, 0) is 25.6 Å². The van der Waals surface area contributed by atoms with E-state index in [1.165, 1.54) is 12.1 Å². The van der Waals surface area contributed by atoms with Crippen LogP contribution in [-0.2, 0) is 9.53 Å². The van der Waals surface area contributed by atoms with E-state index in [2.05, 4.69) is 10.2 Å². The molecule has 1 fully saturated rings. The Morgan fingerprint density at radius 3 is 2.76 bits per heavy atom. The molecule has 1 aliphatic heterocycles. The molecule has 2 rings (SSSR count). The van der Waals surface area contributed by atoms with E-state index < -0.39 is 17.8 Å². The number of carboxylic acid groups (broad SMARTS) is 1. The van der Waals surface area contributed by atoms with Crippen molar-refractivity contribution in [2.45, 2.75) is 12.5 Å². The molecule has 21 heavy (non-hydrogen) atoms. The van der Waals surface area contributed by atoms with Crippen molar-refractivity contribution in [1.29, 1.82) is 0 Å². The first kappa shape index (κ1) is 15.9. The predicted molar refractivity (Wildman–Crippen MR) is 76.7 cm³/mol. The number of morpholine rings is 1. The second-order valence-electron chi connectivity index (χ2n) is 5.05. The van der Waals surface area contributed by atoms with Crippen LogP contribution in [0.2, 0.25) is 0 Å². The first-order valence-electron chi connectivity index (χ1n) is 7.19. The molecule has 116 valence electrons. The van der Waals surface area contributed by atoms with Crippen LogP contribution in [-0.4, -0.2) is 55.4 Å². The summed E-state index contributed by atoms with van der Waals surface area (Å²) >= 11 is 0. The third-order valence-electron chi connectivity index (χ3n) is 3.57. The van der Waals surface area contributed by atoms with Gasteiger partial charge in [-0.15, -0.1) is 0 Å². The van der Waals surface area contributed by atoms with Crippen LogP contribution in [0.5, 0.6) is 0 Å². The van der Waals surface area contributed by atoms with Gasteiger partial charge in [0.05, 0.1) is 13.2 Å². The molecule has 2 N–H and O–H groups in total. The monoisotopic (exact) mass is 296 g/mol. The van der Waals surface area contributed by atoms with Crippen LogP contribution in [0, 0.1) is 5.82 Å². The molecule has 1 heterocycles. The summed E-state index contributed by atoms with van der Waals surface area (Å²) in [7, 11) is 0. The van der Waals surface area contributed by atoms with Gasteiger partial charge >= 0.3 is 5.97 Å². The van der Waals surface area contributed by atoms with E-state index in [9.17, 15) is 14.3 Å². The van der Waals surface area contributed by atoms with E-state index in [-0.39, 0.29) is 5.56 Å². The summed E-state index contributed by atoms with van der Waals surface area (Å²) in [4.78, 5) is 13.6. The summed E-state index contributed by atoms with van der Waals surface area (Å²) in [6.07, 6.45) is 0.818. The number of nitrogens with zero attached hydrogens (tertiary/aromatic N) is 1. The smallest absolute Gasteiger partial charge is 0.325 e. The maximum absolute atomic E-state index is 13.7. The third kappa shape index (κ3) is 4.77. The van der Waals surface area contributed by atoms with E-state index in [4.69, 9.17) is 4.74 Å². The molecule has 1 saturated heterocycles. The van der Waals surface area contributed by atoms with E-state index in [0.717, 1.165) is 39.3 Å². The van der Waals surface area contributed by atoms with Crippen molar-refractivity contribution in [1.82, 2.24) is 10.2 Å².